The van der Waals surface area contributed by atoms with Gasteiger partial charge in [0.15, 0.2) is 0 Å². The summed E-state index contributed by atoms with van der Waals surface area (Å²) in [5, 5.41) is 13.3. The number of halogens is 1. The first-order valence-corrected chi connectivity index (χ1v) is 7.17. The van der Waals surface area contributed by atoms with Crippen LogP contribution in [0.1, 0.15) is 28.4 Å². The molecule has 0 bridgehead atoms. The highest BCUT2D eigenvalue weighted by molar-refractivity contribution is 9.10. The second-order valence-corrected chi connectivity index (χ2v) is 5.50. The quantitative estimate of drug-likeness (QED) is 0.658. The number of aryl methyl sites for hydroxylation is 1. The minimum absolute atomic E-state index is 0.195. The Morgan fingerprint density at radius 2 is 1.76 bits per heavy atom. The Balaban J connectivity index is 2.10. The molecule has 0 aliphatic heterocycles. The third kappa shape index (κ3) is 3.92. The maximum atomic E-state index is 12.0. The molecule has 0 aliphatic carbocycles. The van der Waals surface area contributed by atoms with Crippen LogP contribution in [0, 0.1) is 6.92 Å². The Morgan fingerprint density at radius 1 is 1.14 bits per heavy atom. The van der Waals surface area contributed by atoms with E-state index in [2.05, 4.69) is 26.5 Å². The Bertz CT molecular complexity index is 694. The Hall–Kier alpha value is -2.14. The number of carbonyl (C=O) groups excluding carboxylic acids is 1. The van der Waals surface area contributed by atoms with Crippen molar-refractivity contribution in [3.63, 3.8) is 0 Å². The lowest BCUT2D eigenvalue weighted by Gasteiger charge is -2.05. The number of benzene rings is 2. The number of amides is 1. The van der Waals surface area contributed by atoms with E-state index in [-0.39, 0.29) is 11.7 Å². The minimum atomic E-state index is -0.270. The number of phenols is 1. The van der Waals surface area contributed by atoms with Crippen molar-refractivity contribution in [1.29, 1.82) is 0 Å². The fraction of sp³-hybridized carbons (Fsp3) is 0.125. The van der Waals surface area contributed by atoms with E-state index < -0.39 is 0 Å². The van der Waals surface area contributed by atoms with Gasteiger partial charge in [0.05, 0.1) is 5.71 Å². The molecule has 0 saturated carbocycles. The van der Waals surface area contributed by atoms with Gasteiger partial charge in [-0.3, -0.25) is 4.79 Å². The van der Waals surface area contributed by atoms with Gasteiger partial charge in [-0.15, -0.1) is 0 Å². The van der Waals surface area contributed by atoms with Crippen LogP contribution in [0.2, 0.25) is 0 Å². The molecular weight excluding hydrogens is 332 g/mol. The summed E-state index contributed by atoms with van der Waals surface area (Å²) in [4.78, 5) is 12.0. The first-order valence-electron chi connectivity index (χ1n) is 6.37. The Morgan fingerprint density at radius 3 is 2.38 bits per heavy atom. The van der Waals surface area contributed by atoms with Gasteiger partial charge < -0.3 is 5.11 Å². The lowest BCUT2D eigenvalue weighted by atomic mass is 10.1. The van der Waals surface area contributed by atoms with Gasteiger partial charge in [-0.2, -0.15) is 5.10 Å². The van der Waals surface area contributed by atoms with Crippen molar-refractivity contribution in [1.82, 2.24) is 5.43 Å². The van der Waals surface area contributed by atoms with Gasteiger partial charge in [0.2, 0.25) is 0 Å². The van der Waals surface area contributed by atoms with Crippen molar-refractivity contribution in [3.8, 4) is 5.75 Å². The van der Waals surface area contributed by atoms with Crippen LogP contribution >= 0.6 is 15.9 Å². The summed E-state index contributed by atoms with van der Waals surface area (Å²) in [6.07, 6.45) is 0. The molecule has 1 amide bonds. The highest BCUT2D eigenvalue weighted by atomic mass is 79.9. The molecule has 0 spiro atoms. The predicted octanol–water partition coefficient (Wildman–Crippen LogP) is 3.62. The molecule has 0 saturated heterocycles. The second kappa shape index (κ2) is 6.54. The molecule has 2 aromatic carbocycles. The maximum absolute atomic E-state index is 12.0. The molecule has 2 rings (SSSR count). The van der Waals surface area contributed by atoms with Gasteiger partial charge in [0, 0.05) is 10.0 Å². The van der Waals surface area contributed by atoms with Crippen LogP contribution in [0.3, 0.4) is 0 Å². The number of hydrogen-bond donors (Lipinski definition) is 2. The fourth-order valence-electron chi connectivity index (χ4n) is 1.70. The summed E-state index contributed by atoms with van der Waals surface area (Å²) in [5.41, 5.74) is 5.62. The van der Waals surface area contributed by atoms with E-state index in [1.807, 2.05) is 13.0 Å². The molecule has 108 valence electrons. The third-order valence-corrected chi connectivity index (χ3v) is 3.90. The van der Waals surface area contributed by atoms with Crippen molar-refractivity contribution in [3.05, 3.63) is 63.6 Å². The van der Waals surface area contributed by atoms with Crippen LogP contribution in [-0.2, 0) is 0 Å². The van der Waals surface area contributed by atoms with E-state index in [1.54, 1.807) is 43.3 Å². The maximum Gasteiger partial charge on any atom is 0.271 e. The molecule has 0 atom stereocenters. The Kier molecular flexibility index (Phi) is 4.75. The fourth-order valence-corrected chi connectivity index (χ4v) is 2.08. The summed E-state index contributed by atoms with van der Waals surface area (Å²) in [5.74, 6) is -0.0751. The Labute approximate surface area is 131 Å². The van der Waals surface area contributed by atoms with Crippen molar-refractivity contribution in [2.45, 2.75) is 13.8 Å². The van der Waals surface area contributed by atoms with Gasteiger partial charge in [0.25, 0.3) is 5.91 Å². The van der Waals surface area contributed by atoms with E-state index >= 15 is 0 Å². The zero-order chi connectivity index (χ0) is 15.4. The summed E-state index contributed by atoms with van der Waals surface area (Å²) in [7, 11) is 0. The van der Waals surface area contributed by atoms with Crippen LogP contribution in [0.25, 0.3) is 0 Å². The van der Waals surface area contributed by atoms with Crippen molar-refractivity contribution in [2.24, 2.45) is 5.10 Å². The molecule has 0 radical (unpaired) electrons. The number of carbonyl (C=O) groups is 1. The van der Waals surface area contributed by atoms with Crippen LogP contribution in [0.5, 0.6) is 5.75 Å². The lowest BCUT2D eigenvalue weighted by Crippen LogP contribution is -2.19. The largest absolute Gasteiger partial charge is 0.508 e. The molecule has 0 unspecified atom stereocenters. The monoisotopic (exact) mass is 346 g/mol. The molecular formula is C16H15BrN2O2. The molecule has 4 nitrogen and oxygen atoms in total. The molecule has 0 aliphatic rings. The molecule has 0 heterocycles. The van der Waals surface area contributed by atoms with Crippen molar-refractivity contribution < 1.29 is 9.90 Å². The smallest absolute Gasteiger partial charge is 0.271 e. The van der Waals surface area contributed by atoms with Gasteiger partial charge in [-0.25, -0.2) is 5.43 Å². The van der Waals surface area contributed by atoms with Gasteiger partial charge in [0.1, 0.15) is 5.75 Å². The standard InChI is InChI=1S/C16H15BrN2O2/c1-10-3-4-13(9-15(10)17)16(21)19-18-11(2)12-5-7-14(20)8-6-12/h3-9,20H,1-2H3,(H,19,21). The van der Waals surface area contributed by atoms with E-state index in [1.165, 1.54) is 0 Å². The van der Waals surface area contributed by atoms with Crippen molar-refractivity contribution in [2.75, 3.05) is 0 Å². The summed E-state index contributed by atoms with van der Waals surface area (Å²) < 4.78 is 0.884. The van der Waals surface area contributed by atoms with Crippen LogP contribution in [0.15, 0.2) is 52.0 Å². The van der Waals surface area contributed by atoms with Crippen LogP contribution in [-0.4, -0.2) is 16.7 Å². The van der Waals surface area contributed by atoms with Crippen LogP contribution < -0.4 is 5.43 Å². The number of rotatable bonds is 3. The third-order valence-electron chi connectivity index (χ3n) is 3.04. The van der Waals surface area contributed by atoms with Crippen LogP contribution in [0.4, 0.5) is 0 Å². The number of hydrogen-bond acceptors (Lipinski definition) is 3. The first-order chi connectivity index (χ1) is 9.97. The highest BCUT2D eigenvalue weighted by Gasteiger charge is 2.06. The molecule has 21 heavy (non-hydrogen) atoms. The van der Waals surface area contributed by atoms with E-state index in [9.17, 15) is 9.90 Å². The first kappa shape index (κ1) is 15.3. The molecule has 2 N–H and O–H groups in total. The van der Waals surface area contributed by atoms with E-state index in [0.717, 1.165) is 15.6 Å². The molecule has 0 fully saturated rings. The van der Waals surface area contributed by atoms with Gasteiger partial charge in [-0.1, -0.05) is 22.0 Å². The highest BCUT2D eigenvalue weighted by Crippen LogP contribution is 2.17. The number of hydrazone groups is 1. The number of phenolic OH excluding ortho intramolecular Hbond substituents is 1. The molecule has 2 aromatic rings. The number of aromatic hydroxyl groups is 1. The van der Waals surface area contributed by atoms with Gasteiger partial charge in [-0.05, 0) is 61.4 Å². The number of nitrogens with zero attached hydrogens (tertiary/aromatic N) is 1. The topological polar surface area (TPSA) is 61.7 Å². The normalized spacial score (nSPS) is 11.3. The van der Waals surface area contributed by atoms with E-state index in [4.69, 9.17) is 0 Å². The van der Waals surface area contributed by atoms with Crippen molar-refractivity contribution >= 4 is 27.5 Å². The average Bonchev–Trinajstić information content (AvgIpc) is 2.48. The number of nitrogens with one attached hydrogen (secondary N) is 1. The summed E-state index contributed by atoms with van der Waals surface area (Å²) in [6.45, 7) is 3.75. The average molecular weight is 347 g/mol. The minimum Gasteiger partial charge on any atom is -0.508 e. The summed E-state index contributed by atoms with van der Waals surface area (Å²) >= 11 is 3.40. The SMILES string of the molecule is CC(=NNC(=O)c1ccc(C)c(Br)c1)c1ccc(O)cc1. The van der Waals surface area contributed by atoms with E-state index in [0.29, 0.717) is 11.3 Å². The summed E-state index contributed by atoms with van der Waals surface area (Å²) in [6, 6.07) is 12.0. The zero-order valence-corrected chi connectivity index (χ0v) is 13.3. The molecule has 5 heteroatoms. The zero-order valence-electron chi connectivity index (χ0n) is 11.7. The second-order valence-electron chi connectivity index (χ2n) is 4.65. The molecule has 0 aromatic heterocycles. The lowest BCUT2D eigenvalue weighted by molar-refractivity contribution is 0.0955. The predicted molar refractivity (Wildman–Crippen MR) is 86.7 cm³/mol. The van der Waals surface area contributed by atoms with Gasteiger partial charge >= 0.3 is 0 Å².